The average molecular weight is 190 g/mol. The molecule has 3 aliphatic rings. The van der Waals surface area contributed by atoms with Crippen LogP contribution in [0.3, 0.4) is 0 Å². The maximum absolute atomic E-state index is 11.4. The van der Waals surface area contributed by atoms with E-state index in [0.717, 1.165) is 6.42 Å². The lowest BCUT2D eigenvalue weighted by Crippen LogP contribution is -2.37. The first kappa shape index (κ1) is 7.29. The first-order valence-electron chi connectivity index (χ1n) is 4.11. The van der Waals surface area contributed by atoms with Gasteiger partial charge in [-0.1, -0.05) is 0 Å². The Bertz CT molecular complexity index is 335. The van der Waals surface area contributed by atoms with Crippen LogP contribution in [0.4, 0.5) is 0 Å². The molecule has 0 aromatic carbocycles. The Morgan fingerprint density at radius 2 is 2.25 bits per heavy atom. The van der Waals surface area contributed by atoms with Crippen LogP contribution < -0.4 is 0 Å². The van der Waals surface area contributed by atoms with Gasteiger partial charge < -0.3 is 4.74 Å². The Labute approximate surface area is 71.0 Å². The molecule has 0 aromatic rings. The molecule has 12 heavy (non-hydrogen) atoms. The molecule has 3 heterocycles. The minimum Gasteiger partial charge on any atom is -0.370 e. The lowest BCUT2D eigenvalue weighted by molar-refractivity contribution is 0.0366. The predicted molar refractivity (Wildman–Crippen MR) is 40.1 cm³/mol. The van der Waals surface area contributed by atoms with Crippen LogP contribution >= 0.6 is 0 Å². The topological polar surface area (TPSA) is 52.6 Å². The Kier molecular flexibility index (Phi) is 1.04. The summed E-state index contributed by atoms with van der Waals surface area (Å²) in [7, 11) is -3.31. The van der Waals surface area contributed by atoms with E-state index >= 15 is 0 Å². The van der Waals surface area contributed by atoms with Crippen LogP contribution in [-0.2, 0) is 19.0 Å². The van der Waals surface area contributed by atoms with Gasteiger partial charge in [-0.15, -0.1) is 0 Å². The van der Waals surface area contributed by atoms with E-state index in [1.807, 2.05) is 6.92 Å². The quantitative estimate of drug-likeness (QED) is 0.506. The van der Waals surface area contributed by atoms with Crippen molar-refractivity contribution in [2.24, 2.45) is 0 Å². The van der Waals surface area contributed by atoms with Crippen LogP contribution in [0.25, 0.3) is 0 Å². The van der Waals surface area contributed by atoms with Gasteiger partial charge in [-0.05, 0) is 13.3 Å². The summed E-state index contributed by atoms with van der Waals surface area (Å²) < 4.78 is 33.3. The highest BCUT2D eigenvalue weighted by Crippen LogP contribution is 2.52. The molecule has 2 bridgehead atoms. The van der Waals surface area contributed by atoms with Gasteiger partial charge in [0.15, 0.2) is 0 Å². The van der Waals surface area contributed by atoms with E-state index in [9.17, 15) is 8.42 Å². The second-order valence-electron chi connectivity index (χ2n) is 4.05. The van der Waals surface area contributed by atoms with Gasteiger partial charge in [0.2, 0.25) is 0 Å². The monoisotopic (exact) mass is 190 g/mol. The van der Waals surface area contributed by atoms with Gasteiger partial charge in [-0.2, -0.15) is 8.42 Å². The van der Waals surface area contributed by atoms with Gasteiger partial charge in [-0.3, -0.25) is 4.18 Å². The molecule has 68 valence electrons. The molecule has 0 radical (unpaired) electrons. The summed E-state index contributed by atoms with van der Waals surface area (Å²) in [6.45, 7) is 1.83. The molecule has 4 nitrogen and oxygen atoms in total. The van der Waals surface area contributed by atoms with E-state index in [4.69, 9.17) is 8.92 Å². The molecule has 0 spiro atoms. The fraction of sp³-hybridized carbons (Fsp3) is 1.00. The Morgan fingerprint density at radius 1 is 1.50 bits per heavy atom. The van der Waals surface area contributed by atoms with E-state index in [-0.39, 0.29) is 17.5 Å². The van der Waals surface area contributed by atoms with E-state index < -0.39 is 15.7 Å². The van der Waals surface area contributed by atoms with Crippen LogP contribution in [0, 0.1) is 0 Å². The number of hydrogen-bond donors (Lipinski definition) is 0. The molecule has 3 aliphatic heterocycles. The normalized spacial score (nSPS) is 59.6. The van der Waals surface area contributed by atoms with Crippen molar-refractivity contribution in [2.75, 3.05) is 0 Å². The molecular weight excluding hydrogens is 180 g/mol. The minimum atomic E-state index is -3.31. The molecule has 0 saturated carbocycles. The number of rotatable bonds is 0. The third kappa shape index (κ3) is 0.639. The van der Waals surface area contributed by atoms with Gasteiger partial charge in [0.1, 0.15) is 17.0 Å². The highest BCUT2D eigenvalue weighted by atomic mass is 32.2. The van der Waals surface area contributed by atoms with Gasteiger partial charge >= 0.3 is 0 Å². The highest BCUT2D eigenvalue weighted by molar-refractivity contribution is 7.87. The molecule has 3 saturated heterocycles. The fourth-order valence-corrected chi connectivity index (χ4v) is 4.57. The summed E-state index contributed by atoms with van der Waals surface area (Å²) >= 11 is 0. The first-order chi connectivity index (χ1) is 5.51. The Hall–Kier alpha value is -0.130. The van der Waals surface area contributed by atoms with Gasteiger partial charge in [0, 0.05) is 6.42 Å². The molecule has 5 heteroatoms. The van der Waals surface area contributed by atoms with E-state index in [2.05, 4.69) is 0 Å². The van der Waals surface area contributed by atoms with Crippen molar-refractivity contribution >= 4 is 10.1 Å². The maximum Gasteiger partial charge on any atom is 0.273 e. The van der Waals surface area contributed by atoms with Crippen molar-refractivity contribution in [3.8, 4) is 0 Å². The molecular formula is C7H10O4S. The number of ether oxygens (including phenoxy) is 1. The summed E-state index contributed by atoms with van der Waals surface area (Å²) in [5, 5.41) is -0.388. The summed E-state index contributed by atoms with van der Waals surface area (Å²) in [5.41, 5.74) is -0.549. The smallest absolute Gasteiger partial charge is 0.273 e. The summed E-state index contributed by atoms with van der Waals surface area (Å²) in [6, 6.07) is 0. The molecule has 0 aliphatic carbocycles. The Morgan fingerprint density at radius 3 is 2.75 bits per heavy atom. The zero-order valence-corrected chi connectivity index (χ0v) is 7.50. The minimum absolute atomic E-state index is 0.113. The zero-order valence-electron chi connectivity index (χ0n) is 6.69. The summed E-state index contributed by atoms with van der Waals surface area (Å²) in [6.07, 6.45) is 1.27. The second-order valence-corrected chi connectivity index (χ2v) is 5.80. The predicted octanol–water partition coefficient (Wildman–Crippen LogP) is 0.0349. The molecule has 3 fully saturated rings. The molecule has 4 atom stereocenters. The highest BCUT2D eigenvalue weighted by Gasteiger charge is 2.67. The van der Waals surface area contributed by atoms with Gasteiger partial charge in [0.05, 0.1) is 6.10 Å². The van der Waals surface area contributed by atoms with Gasteiger partial charge in [-0.25, -0.2) is 0 Å². The first-order valence-corrected chi connectivity index (χ1v) is 5.58. The molecule has 0 aromatic heterocycles. The van der Waals surface area contributed by atoms with Crippen LogP contribution in [0.15, 0.2) is 0 Å². The van der Waals surface area contributed by atoms with Crippen molar-refractivity contribution < 1.29 is 17.3 Å². The zero-order chi connectivity index (χ0) is 8.56. The lowest BCUT2D eigenvalue weighted by atomic mass is 9.86. The molecule has 0 N–H and O–H groups in total. The molecule has 3 rings (SSSR count). The second kappa shape index (κ2) is 1.71. The maximum atomic E-state index is 11.4. The van der Waals surface area contributed by atoms with Crippen LogP contribution in [0.2, 0.25) is 0 Å². The van der Waals surface area contributed by atoms with E-state index in [1.165, 1.54) is 0 Å². The lowest BCUT2D eigenvalue weighted by Gasteiger charge is -2.20. The van der Waals surface area contributed by atoms with Crippen molar-refractivity contribution in [3.63, 3.8) is 0 Å². The van der Waals surface area contributed by atoms with Crippen molar-refractivity contribution in [1.82, 2.24) is 0 Å². The van der Waals surface area contributed by atoms with E-state index in [0.29, 0.717) is 6.42 Å². The fourth-order valence-electron chi connectivity index (χ4n) is 2.65. The van der Waals surface area contributed by atoms with Crippen molar-refractivity contribution in [2.45, 2.75) is 42.8 Å². The van der Waals surface area contributed by atoms with Crippen LogP contribution in [0.1, 0.15) is 19.8 Å². The largest absolute Gasteiger partial charge is 0.370 e. The van der Waals surface area contributed by atoms with Crippen molar-refractivity contribution in [3.05, 3.63) is 0 Å². The molecule has 4 unspecified atom stereocenters. The van der Waals surface area contributed by atoms with Gasteiger partial charge in [0.25, 0.3) is 10.1 Å². The van der Waals surface area contributed by atoms with Crippen LogP contribution in [-0.4, -0.2) is 31.5 Å². The Balaban J connectivity index is 2.18. The molecule has 0 amide bonds. The summed E-state index contributed by atoms with van der Waals surface area (Å²) in [5.74, 6) is 0. The third-order valence-corrected chi connectivity index (χ3v) is 4.88. The van der Waals surface area contributed by atoms with Crippen molar-refractivity contribution in [1.29, 1.82) is 0 Å². The average Bonchev–Trinajstić information content (AvgIpc) is 2.41. The standard InChI is InChI=1S/C7H10O4S/c1-7-3-4-2-5(6(7)10-4)12(8,9)11-7/h4-6H,2-3H2,1H3. The summed E-state index contributed by atoms with van der Waals surface area (Å²) in [4.78, 5) is 0. The third-order valence-electron chi connectivity index (χ3n) is 3.08. The number of fused-ring (bicyclic) bond motifs is 1. The van der Waals surface area contributed by atoms with E-state index in [1.54, 1.807) is 0 Å². The SMILES string of the molecule is CC12CC3CC(C1O3)S(=O)(=O)O2. The number of hydrogen-bond acceptors (Lipinski definition) is 4. The van der Waals surface area contributed by atoms with Crippen LogP contribution in [0.5, 0.6) is 0 Å².